The Morgan fingerprint density at radius 1 is 1.15 bits per heavy atom. The molecule has 5 nitrogen and oxygen atoms in total. The van der Waals surface area contributed by atoms with Gasteiger partial charge in [0.2, 0.25) is 0 Å². The van der Waals surface area contributed by atoms with Crippen LogP contribution in [0.15, 0.2) is 30.3 Å². The predicted octanol–water partition coefficient (Wildman–Crippen LogP) is 4.18. The van der Waals surface area contributed by atoms with Crippen LogP contribution in [0.4, 0.5) is 18.0 Å². The van der Waals surface area contributed by atoms with Crippen molar-refractivity contribution in [3.8, 4) is 0 Å². The smallest absolute Gasteiger partial charge is 0.416 e. The summed E-state index contributed by atoms with van der Waals surface area (Å²) in [5, 5.41) is 2.40. The molecule has 0 saturated heterocycles. The van der Waals surface area contributed by atoms with Crippen molar-refractivity contribution in [3.63, 3.8) is 0 Å². The van der Waals surface area contributed by atoms with E-state index in [1.807, 2.05) is 0 Å². The number of hydrogen-bond donors (Lipinski definition) is 1. The lowest BCUT2D eigenvalue weighted by Crippen LogP contribution is -2.43. The van der Waals surface area contributed by atoms with Gasteiger partial charge >= 0.3 is 18.2 Å². The minimum absolute atomic E-state index is 0.0902. The van der Waals surface area contributed by atoms with Gasteiger partial charge in [-0.3, -0.25) is 0 Å². The van der Waals surface area contributed by atoms with E-state index in [-0.39, 0.29) is 6.42 Å². The first-order chi connectivity index (χ1) is 11.9. The zero-order valence-corrected chi connectivity index (χ0v) is 15.0. The molecule has 0 heterocycles. The first-order valence-corrected chi connectivity index (χ1v) is 7.83. The minimum atomic E-state index is -4.39. The number of ether oxygens (including phenoxy) is 2. The Kier molecular flexibility index (Phi) is 7.23. The largest absolute Gasteiger partial charge is 0.467 e. The molecule has 0 aromatic heterocycles. The second-order valence-electron chi connectivity index (χ2n) is 6.48. The Morgan fingerprint density at radius 2 is 1.73 bits per heavy atom. The first-order valence-electron chi connectivity index (χ1n) is 7.83. The molecule has 8 heteroatoms. The topological polar surface area (TPSA) is 64.6 Å². The molecule has 0 fully saturated rings. The summed E-state index contributed by atoms with van der Waals surface area (Å²) in [5.41, 5.74) is -0.937. The fourth-order valence-corrected chi connectivity index (χ4v) is 1.93. The van der Waals surface area contributed by atoms with E-state index in [4.69, 9.17) is 4.74 Å². The highest BCUT2D eigenvalue weighted by atomic mass is 19.4. The van der Waals surface area contributed by atoms with Gasteiger partial charge in [-0.15, -0.1) is 0 Å². The van der Waals surface area contributed by atoms with Crippen molar-refractivity contribution in [1.82, 2.24) is 5.32 Å². The normalized spacial score (nSPS) is 13.3. The lowest BCUT2D eigenvalue weighted by atomic mass is 10.1. The van der Waals surface area contributed by atoms with Gasteiger partial charge in [-0.05, 0) is 44.9 Å². The molecule has 0 spiro atoms. The standard InChI is InChI=1S/C18H22F3NO4/c1-17(2,3)26-16(24)22-14(15(23)25-4)7-5-6-12-8-10-13(11-9-12)18(19,20)21/h5-6,8-11,14H,7H2,1-4H3,(H,22,24)/b6-5+/t14-/m0/s1. The number of carbonyl (C=O) groups excluding carboxylic acids is 2. The van der Waals surface area contributed by atoms with Crippen molar-refractivity contribution in [2.24, 2.45) is 0 Å². The number of esters is 1. The van der Waals surface area contributed by atoms with Crippen LogP contribution < -0.4 is 5.32 Å². The highest BCUT2D eigenvalue weighted by Gasteiger charge is 2.29. The number of methoxy groups -OCH3 is 1. The molecular weight excluding hydrogens is 351 g/mol. The quantitative estimate of drug-likeness (QED) is 0.787. The van der Waals surface area contributed by atoms with Crippen molar-refractivity contribution >= 4 is 18.1 Å². The molecule has 0 aliphatic rings. The van der Waals surface area contributed by atoms with E-state index < -0.39 is 35.4 Å². The van der Waals surface area contributed by atoms with Crippen molar-refractivity contribution in [2.75, 3.05) is 7.11 Å². The van der Waals surface area contributed by atoms with E-state index in [1.165, 1.54) is 19.2 Å². The zero-order chi connectivity index (χ0) is 20.0. The second kappa shape index (κ2) is 8.73. The molecule has 0 radical (unpaired) electrons. The number of rotatable bonds is 5. The SMILES string of the molecule is COC(=O)[C@H](C/C=C/c1ccc(C(F)(F)F)cc1)NC(=O)OC(C)(C)C. The number of amides is 1. The van der Waals surface area contributed by atoms with Crippen molar-refractivity contribution in [3.05, 3.63) is 41.5 Å². The third-order valence-electron chi connectivity index (χ3n) is 3.10. The molecule has 0 bridgehead atoms. The Hall–Kier alpha value is -2.51. The highest BCUT2D eigenvalue weighted by Crippen LogP contribution is 2.29. The number of alkyl carbamates (subject to hydrolysis) is 1. The van der Waals surface area contributed by atoms with Gasteiger partial charge in [0.05, 0.1) is 12.7 Å². The number of carbonyl (C=O) groups is 2. The summed E-state index contributed by atoms with van der Waals surface area (Å²) in [6.07, 6.45) is -1.97. The second-order valence-corrected chi connectivity index (χ2v) is 6.48. The lowest BCUT2D eigenvalue weighted by Gasteiger charge is -2.22. The van der Waals surface area contributed by atoms with Crippen LogP contribution in [0.5, 0.6) is 0 Å². The minimum Gasteiger partial charge on any atom is -0.467 e. The van der Waals surface area contributed by atoms with Gasteiger partial charge in [-0.1, -0.05) is 24.3 Å². The van der Waals surface area contributed by atoms with Crippen LogP contribution in [0.2, 0.25) is 0 Å². The Labute approximate surface area is 150 Å². The summed E-state index contributed by atoms with van der Waals surface area (Å²) >= 11 is 0. The van der Waals surface area contributed by atoms with Gasteiger partial charge < -0.3 is 14.8 Å². The molecule has 144 valence electrons. The molecule has 0 aliphatic carbocycles. The summed E-state index contributed by atoms with van der Waals surface area (Å²) in [5.74, 6) is -0.659. The number of alkyl halides is 3. The summed E-state index contributed by atoms with van der Waals surface area (Å²) < 4.78 is 47.3. The number of hydrogen-bond acceptors (Lipinski definition) is 4. The molecule has 1 aromatic carbocycles. The van der Waals surface area contributed by atoms with Gasteiger partial charge in [0.25, 0.3) is 0 Å². The maximum absolute atomic E-state index is 12.5. The first kappa shape index (κ1) is 21.5. The van der Waals surface area contributed by atoms with Gasteiger partial charge in [-0.25, -0.2) is 9.59 Å². The fraction of sp³-hybridized carbons (Fsp3) is 0.444. The summed E-state index contributed by atoms with van der Waals surface area (Å²) in [6.45, 7) is 5.05. The average Bonchev–Trinajstić information content (AvgIpc) is 2.51. The molecule has 26 heavy (non-hydrogen) atoms. The molecule has 0 saturated carbocycles. The van der Waals surface area contributed by atoms with Gasteiger partial charge in [-0.2, -0.15) is 13.2 Å². The van der Waals surface area contributed by atoms with Crippen LogP contribution in [0, 0.1) is 0 Å². The lowest BCUT2D eigenvalue weighted by molar-refractivity contribution is -0.143. The molecule has 1 rings (SSSR count). The molecule has 0 aliphatic heterocycles. The molecule has 1 amide bonds. The van der Waals surface area contributed by atoms with Gasteiger partial charge in [0.15, 0.2) is 0 Å². The van der Waals surface area contributed by atoms with Crippen molar-refractivity contribution in [2.45, 2.75) is 45.0 Å². The van der Waals surface area contributed by atoms with Gasteiger partial charge in [0, 0.05) is 0 Å². The Morgan fingerprint density at radius 3 is 2.19 bits per heavy atom. The molecular formula is C18H22F3NO4. The van der Waals surface area contributed by atoms with Gasteiger partial charge in [0.1, 0.15) is 11.6 Å². The summed E-state index contributed by atoms with van der Waals surface area (Å²) in [4.78, 5) is 23.5. The highest BCUT2D eigenvalue weighted by molar-refractivity contribution is 5.81. The predicted molar refractivity (Wildman–Crippen MR) is 90.3 cm³/mol. The Bertz CT molecular complexity index is 646. The summed E-state index contributed by atoms with van der Waals surface area (Å²) in [7, 11) is 1.19. The van der Waals surface area contributed by atoms with Crippen LogP contribution >= 0.6 is 0 Å². The number of benzene rings is 1. The molecule has 0 unspecified atom stereocenters. The van der Waals surface area contributed by atoms with E-state index in [0.717, 1.165) is 12.1 Å². The van der Waals surface area contributed by atoms with E-state index in [1.54, 1.807) is 32.9 Å². The van der Waals surface area contributed by atoms with E-state index in [2.05, 4.69) is 10.1 Å². The summed E-state index contributed by atoms with van der Waals surface area (Å²) in [6, 6.07) is 3.59. The van der Waals surface area contributed by atoms with Crippen LogP contribution in [-0.4, -0.2) is 30.8 Å². The van der Waals surface area contributed by atoms with E-state index >= 15 is 0 Å². The third kappa shape index (κ3) is 7.58. The number of halogens is 3. The van der Waals surface area contributed by atoms with Crippen LogP contribution in [0.25, 0.3) is 6.08 Å². The van der Waals surface area contributed by atoms with Crippen LogP contribution in [-0.2, 0) is 20.4 Å². The zero-order valence-electron chi connectivity index (χ0n) is 15.0. The molecule has 1 N–H and O–H groups in total. The number of nitrogens with one attached hydrogen (secondary N) is 1. The van der Waals surface area contributed by atoms with Crippen molar-refractivity contribution < 1.29 is 32.2 Å². The molecule has 1 aromatic rings. The van der Waals surface area contributed by atoms with Crippen LogP contribution in [0.3, 0.4) is 0 Å². The Balaban J connectivity index is 2.73. The van der Waals surface area contributed by atoms with E-state index in [0.29, 0.717) is 5.56 Å². The third-order valence-corrected chi connectivity index (χ3v) is 3.10. The monoisotopic (exact) mass is 373 g/mol. The van der Waals surface area contributed by atoms with E-state index in [9.17, 15) is 22.8 Å². The molecule has 1 atom stereocenters. The average molecular weight is 373 g/mol. The fourth-order valence-electron chi connectivity index (χ4n) is 1.93. The maximum atomic E-state index is 12.5. The van der Waals surface area contributed by atoms with Crippen LogP contribution in [0.1, 0.15) is 38.3 Å². The maximum Gasteiger partial charge on any atom is 0.416 e. The van der Waals surface area contributed by atoms with Crippen molar-refractivity contribution in [1.29, 1.82) is 0 Å².